The van der Waals surface area contributed by atoms with Crippen LogP contribution in [0.15, 0.2) is 108 Å². The van der Waals surface area contributed by atoms with Gasteiger partial charge in [-0.15, -0.1) is 0 Å². The molecule has 4 aromatic rings. The molecule has 0 aromatic heterocycles. The van der Waals surface area contributed by atoms with Crippen LogP contribution in [0.1, 0.15) is 16.7 Å². The van der Waals surface area contributed by atoms with E-state index in [1.165, 1.54) is 48.3 Å². The Bertz CT molecular complexity index is 1650. The minimum Gasteiger partial charge on any atom is -0.357 e. The van der Waals surface area contributed by atoms with Crippen molar-refractivity contribution in [1.82, 2.24) is 10.2 Å². The fourth-order valence-corrected chi connectivity index (χ4v) is 6.39. The number of amides is 2. The lowest BCUT2D eigenvalue weighted by molar-refractivity contribution is -0.139. The predicted molar refractivity (Wildman–Crippen MR) is 162 cm³/mol. The molecule has 2 amide bonds. The zero-order chi connectivity index (χ0) is 30.3. The van der Waals surface area contributed by atoms with Gasteiger partial charge in [0, 0.05) is 30.6 Å². The van der Waals surface area contributed by atoms with Gasteiger partial charge in [0.1, 0.15) is 18.4 Å². The molecule has 0 saturated heterocycles. The molecule has 0 aliphatic rings. The van der Waals surface area contributed by atoms with Crippen molar-refractivity contribution in [2.45, 2.75) is 30.8 Å². The summed E-state index contributed by atoms with van der Waals surface area (Å²) in [5.74, 6) is -1.70. The van der Waals surface area contributed by atoms with Crippen molar-refractivity contribution in [3.63, 3.8) is 0 Å². The molecule has 7 nitrogen and oxygen atoms in total. The Morgan fingerprint density at radius 3 is 2.14 bits per heavy atom. The number of sulfonamides is 1. The highest BCUT2D eigenvalue weighted by atomic mass is 35.5. The third-order valence-corrected chi connectivity index (χ3v) is 8.86. The first-order valence-electron chi connectivity index (χ1n) is 13.2. The van der Waals surface area contributed by atoms with Crippen LogP contribution in [-0.2, 0) is 32.6 Å². The van der Waals surface area contributed by atoms with Crippen molar-refractivity contribution in [3.8, 4) is 0 Å². The fraction of sp³-hybridized carbons (Fsp3) is 0.188. The van der Waals surface area contributed by atoms with Gasteiger partial charge in [-0.3, -0.25) is 13.9 Å². The summed E-state index contributed by atoms with van der Waals surface area (Å²) in [6.45, 7) is 0.796. The Balaban J connectivity index is 1.81. The number of benzene rings is 4. The highest BCUT2D eigenvalue weighted by Gasteiger charge is 2.35. The molecule has 0 heterocycles. The highest BCUT2D eigenvalue weighted by molar-refractivity contribution is 7.92. The van der Waals surface area contributed by atoms with Crippen LogP contribution < -0.4 is 9.62 Å². The van der Waals surface area contributed by atoms with E-state index in [0.29, 0.717) is 10.6 Å². The third kappa shape index (κ3) is 7.16. The van der Waals surface area contributed by atoms with Crippen LogP contribution in [0, 0.1) is 12.7 Å². The minimum absolute atomic E-state index is 0.0139. The molecule has 0 unspecified atom stereocenters. The van der Waals surface area contributed by atoms with Crippen LogP contribution in [0.5, 0.6) is 0 Å². The molecule has 0 spiro atoms. The van der Waals surface area contributed by atoms with Crippen LogP contribution in [0.3, 0.4) is 0 Å². The summed E-state index contributed by atoms with van der Waals surface area (Å²) in [4.78, 5) is 28.7. The van der Waals surface area contributed by atoms with Crippen LogP contribution in [0.4, 0.5) is 10.1 Å². The average molecular weight is 608 g/mol. The summed E-state index contributed by atoms with van der Waals surface area (Å²) in [5, 5.41) is 3.01. The van der Waals surface area contributed by atoms with Gasteiger partial charge >= 0.3 is 0 Å². The molecule has 0 aliphatic heterocycles. The smallest absolute Gasteiger partial charge is 0.264 e. The number of likely N-dealkylation sites (N-methyl/N-ethyl adjacent to an activating group) is 1. The van der Waals surface area contributed by atoms with Crippen molar-refractivity contribution in [3.05, 3.63) is 131 Å². The van der Waals surface area contributed by atoms with Gasteiger partial charge in [-0.05, 0) is 54.4 Å². The van der Waals surface area contributed by atoms with Gasteiger partial charge in [0.2, 0.25) is 11.8 Å². The largest absolute Gasteiger partial charge is 0.357 e. The van der Waals surface area contributed by atoms with Gasteiger partial charge < -0.3 is 10.2 Å². The summed E-state index contributed by atoms with van der Waals surface area (Å²) in [6, 6.07) is 26.5. The number of halogens is 2. The number of nitrogens with zero attached hydrogens (tertiary/aromatic N) is 2. The molecule has 0 radical (unpaired) electrons. The van der Waals surface area contributed by atoms with Gasteiger partial charge in [-0.2, -0.15) is 0 Å². The van der Waals surface area contributed by atoms with E-state index in [1.807, 2.05) is 30.3 Å². The maximum atomic E-state index is 14.9. The quantitative estimate of drug-likeness (QED) is 0.248. The molecule has 1 atom stereocenters. The van der Waals surface area contributed by atoms with E-state index < -0.39 is 40.2 Å². The number of carbonyl (C=O) groups is 2. The number of hydrogen-bond donors (Lipinski definition) is 1. The van der Waals surface area contributed by atoms with E-state index in [0.717, 1.165) is 9.87 Å². The second kappa shape index (κ2) is 13.6. The van der Waals surface area contributed by atoms with Gasteiger partial charge in [0.15, 0.2) is 0 Å². The number of carbonyl (C=O) groups excluding carboxylic acids is 2. The first kappa shape index (κ1) is 30.7. The lowest BCUT2D eigenvalue weighted by Gasteiger charge is -2.34. The van der Waals surface area contributed by atoms with Gasteiger partial charge in [-0.1, -0.05) is 78.3 Å². The zero-order valence-electron chi connectivity index (χ0n) is 23.2. The molecule has 4 rings (SSSR count). The third-order valence-electron chi connectivity index (χ3n) is 6.85. The number of aryl methyl sites for hydroxylation is 1. The lowest BCUT2D eigenvalue weighted by atomic mass is 10.0. The molecule has 0 saturated carbocycles. The van der Waals surface area contributed by atoms with E-state index >= 15 is 0 Å². The van der Waals surface area contributed by atoms with Crippen molar-refractivity contribution < 1.29 is 22.4 Å². The molecular formula is C32H31ClFN3O4S. The van der Waals surface area contributed by atoms with Gasteiger partial charge in [0.25, 0.3) is 10.0 Å². The Morgan fingerprint density at radius 1 is 0.905 bits per heavy atom. The number of rotatable bonds is 11. The second-order valence-corrected chi connectivity index (χ2v) is 12.0. The van der Waals surface area contributed by atoms with E-state index in [-0.39, 0.29) is 29.1 Å². The average Bonchev–Trinajstić information content (AvgIpc) is 2.99. The molecule has 42 heavy (non-hydrogen) atoms. The maximum absolute atomic E-state index is 14.9. The summed E-state index contributed by atoms with van der Waals surface area (Å²) in [6.07, 6.45) is 0.131. The second-order valence-electron chi connectivity index (χ2n) is 9.69. The Labute approximate surface area is 250 Å². The maximum Gasteiger partial charge on any atom is 0.264 e. The summed E-state index contributed by atoms with van der Waals surface area (Å²) >= 11 is 6.16. The molecule has 218 valence electrons. The summed E-state index contributed by atoms with van der Waals surface area (Å²) < 4.78 is 43.8. The normalized spacial score (nSPS) is 11.9. The molecule has 0 bridgehead atoms. The van der Waals surface area contributed by atoms with Crippen LogP contribution in [0.25, 0.3) is 0 Å². The fourth-order valence-electron chi connectivity index (χ4n) is 4.66. The molecular weight excluding hydrogens is 577 g/mol. The predicted octanol–water partition coefficient (Wildman–Crippen LogP) is 5.37. The van der Waals surface area contributed by atoms with Crippen molar-refractivity contribution in [2.75, 3.05) is 17.9 Å². The highest BCUT2D eigenvalue weighted by Crippen LogP contribution is 2.29. The molecule has 4 aromatic carbocycles. The Morgan fingerprint density at radius 2 is 1.52 bits per heavy atom. The monoisotopic (exact) mass is 607 g/mol. The Kier molecular flexibility index (Phi) is 9.98. The zero-order valence-corrected chi connectivity index (χ0v) is 24.8. The van der Waals surface area contributed by atoms with E-state index in [9.17, 15) is 22.4 Å². The SMILES string of the molecule is CNC(=O)[C@H](Cc1ccccc1)N(Cc1ccccc1F)C(=O)CN(c1ccc(Cl)cc1C)S(=O)(=O)c1ccccc1. The van der Waals surface area contributed by atoms with Crippen LogP contribution >= 0.6 is 11.6 Å². The topological polar surface area (TPSA) is 86.8 Å². The molecule has 0 aliphatic carbocycles. The van der Waals surface area contributed by atoms with Gasteiger partial charge in [0.05, 0.1) is 10.6 Å². The van der Waals surface area contributed by atoms with Crippen molar-refractivity contribution in [1.29, 1.82) is 0 Å². The summed E-state index contributed by atoms with van der Waals surface area (Å²) in [7, 11) is -2.79. The molecule has 10 heteroatoms. The standard InChI is InChI=1S/C32H31ClFN3O4S/c1-23-19-26(33)17-18-29(23)37(42(40,41)27-14-7-4-8-15-27)22-31(38)36(21-25-13-9-10-16-28(25)34)30(32(39)35-2)20-24-11-5-3-6-12-24/h3-19,30H,20-22H2,1-2H3,(H,35,39)/t30-/m0/s1. The number of anilines is 1. The van der Waals surface area contributed by atoms with Crippen molar-refractivity contribution >= 4 is 39.1 Å². The minimum atomic E-state index is -4.24. The molecule has 1 N–H and O–H groups in total. The first-order valence-corrected chi connectivity index (χ1v) is 15.1. The van der Waals surface area contributed by atoms with Crippen LogP contribution in [0.2, 0.25) is 5.02 Å². The first-order chi connectivity index (χ1) is 20.1. The number of hydrogen-bond acceptors (Lipinski definition) is 4. The Hall–Kier alpha value is -4.21. The number of nitrogens with one attached hydrogen (secondary N) is 1. The van der Waals surface area contributed by atoms with E-state index in [2.05, 4.69) is 5.32 Å². The van der Waals surface area contributed by atoms with E-state index in [1.54, 1.807) is 43.3 Å². The van der Waals surface area contributed by atoms with Crippen LogP contribution in [-0.4, -0.2) is 44.8 Å². The summed E-state index contributed by atoms with van der Waals surface area (Å²) in [5.41, 5.74) is 1.75. The van der Waals surface area contributed by atoms with Gasteiger partial charge in [-0.25, -0.2) is 12.8 Å². The van der Waals surface area contributed by atoms with Crippen molar-refractivity contribution in [2.24, 2.45) is 0 Å². The lowest BCUT2D eigenvalue weighted by Crippen LogP contribution is -2.53. The van der Waals surface area contributed by atoms with E-state index in [4.69, 9.17) is 11.6 Å². The molecule has 0 fully saturated rings.